The van der Waals surface area contributed by atoms with Crippen molar-refractivity contribution in [2.45, 2.75) is 13.8 Å². The average Bonchev–Trinajstić information content (AvgIpc) is 2.88. The molecule has 0 aliphatic rings. The lowest BCUT2D eigenvalue weighted by Crippen LogP contribution is -2.17. The van der Waals surface area contributed by atoms with E-state index >= 15 is 0 Å². The normalized spacial score (nSPS) is 10.7. The number of nitrogens with one attached hydrogen (secondary N) is 1. The molecule has 0 bridgehead atoms. The fraction of sp³-hybridized carbons (Fsp3) is 0.188. The topological polar surface area (TPSA) is 72.8 Å². The second-order valence-electron chi connectivity index (χ2n) is 4.99. The minimum Gasteiger partial charge on any atom is -0.496 e. The monoisotopic (exact) mass is 296 g/mol. The molecule has 1 aromatic carbocycles. The third kappa shape index (κ3) is 2.50. The van der Waals surface area contributed by atoms with Crippen molar-refractivity contribution in [2.24, 2.45) is 0 Å². The molecule has 0 atom stereocenters. The lowest BCUT2D eigenvalue weighted by molar-refractivity contribution is 0.416. The molecule has 0 unspecified atom stereocenters. The van der Waals surface area contributed by atoms with E-state index in [4.69, 9.17) is 4.74 Å². The van der Waals surface area contributed by atoms with Gasteiger partial charge in [-0.15, -0.1) is 0 Å². The summed E-state index contributed by atoms with van der Waals surface area (Å²) in [5, 5.41) is 3.04. The number of benzene rings is 1. The van der Waals surface area contributed by atoms with Gasteiger partial charge in [-0.1, -0.05) is 12.1 Å². The molecular formula is C16H16N4O2. The molecule has 3 aromatic rings. The molecule has 112 valence electrons. The molecule has 0 radical (unpaired) electrons. The largest absolute Gasteiger partial charge is 0.496 e. The van der Waals surface area contributed by atoms with Crippen LogP contribution in [0, 0.1) is 13.8 Å². The maximum Gasteiger partial charge on any atom is 0.274 e. The van der Waals surface area contributed by atoms with E-state index in [1.807, 2.05) is 44.2 Å². The van der Waals surface area contributed by atoms with Crippen LogP contribution in [0.3, 0.4) is 0 Å². The van der Waals surface area contributed by atoms with Crippen LogP contribution in [0.15, 0.2) is 41.2 Å². The Morgan fingerprint density at radius 2 is 1.77 bits per heavy atom. The number of nitrogens with zero attached hydrogens (tertiary/aromatic N) is 3. The van der Waals surface area contributed by atoms with E-state index in [1.54, 1.807) is 7.11 Å². The number of H-pyrrole nitrogens is 1. The highest BCUT2D eigenvalue weighted by Crippen LogP contribution is 2.27. The second-order valence-corrected chi connectivity index (χ2v) is 4.99. The zero-order valence-corrected chi connectivity index (χ0v) is 12.6. The Balaban J connectivity index is 2.14. The zero-order valence-electron chi connectivity index (χ0n) is 12.6. The van der Waals surface area contributed by atoms with E-state index in [1.165, 1.54) is 10.7 Å². The Kier molecular flexibility index (Phi) is 3.50. The maximum atomic E-state index is 12.2. The van der Waals surface area contributed by atoms with Gasteiger partial charge in [0.1, 0.15) is 5.75 Å². The molecule has 2 heterocycles. The van der Waals surface area contributed by atoms with Crippen molar-refractivity contribution in [3.63, 3.8) is 0 Å². The van der Waals surface area contributed by atoms with Crippen molar-refractivity contribution in [2.75, 3.05) is 7.11 Å². The van der Waals surface area contributed by atoms with Crippen LogP contribution in [0.1, 0.15) is 11.4 Å². The first-order valence-corrected chi connectivity index (χ1v) is 6.86. The third-order valence-corrected chi connectivity index (χ3v) is 3.29. The number of rotatable bonds is 3. The van der Waals surface area contributed by atoms with Crippen LogP contribution in [0.4, 0.5) is 0 Å². The molecular weight excluding hydrogens is 280 g/mol. The first-order chi connectivity index (χ1) is 10.6. The van der Waals surface area contributed by atoms with E-state index < -0.39 is 0 Å². The van der Waals surface area contributed by atoms with Gasteiger partial charge >= 0.3 is 0 Å². The minimum absolute atomic E-state index is 0.217. The van der Waals surface area contributed by atoms with Gasteiger partial charge in [0.05, 0.1) is 12.8 Å². The molecule has 0 spiro atoms. The zero-order chi connectivity index (χ0) is 15.7. The molecule has 3 rings (SSSR count). The number of aromatic amines is 1. The number of methoxy groups -OCH3 is 1. The molecule has 0 saturated carbocycles. The quantitative estimate of drug-likeness (QED) is 0.804. The molecule has 2 aromatic heterocycles. The van der Waals surface area contributed by atoms with Gasteiger partial charge in [-0.25, -0.2) is 9.97 Å². The SMILES string of the molecule is COc1ccccc1-c1cc(=O)n(-c2nc(C)cc(C)n2)[nH]1. The Bertz CT molecular complexity index is 860. The number of para-hydroxylation sites is 1. The van der Waals surface area contributed by atoms with Crippen molar-refractivity contribution in [3.05, 3.63) is 58.1 Å². The molecule has 0 fully saturated rings. The first-order valence-electron chi connectivity index (χ1n) is 6.86. The summed E-state index contributed by atoms with van der Waals surface area (Å²) in [7, 11) is 1.60. The van der Waals surface area contributed by atoms with E-state index in [9.17, 15) is 4.79 Å². The van der Waals surface area contributed by atoms with Gasteiger partial charge in [0.25, 0.3) is 11.5 Å². The maximum absolute atomic E-state index is 12.2. The summed E-state index contributed by atoms with van der Waals surface area (Å²) in [5.41, 5.74) is 2.87. The van der Waals surface area contributed by atoms with Gasteiger partial charge in [-0.3, -0.25) is 9.89 Å². The van der Waals surface area contributed by atoms with Gasteiger partial charge in [-0.2, -0.15) is 4.68 Å². The molecule has 6 nitrogen and oxygen atoms in total. The van der Waals surface area contributed by atoms with E-state index in [0.717, 1.165) is 17.0 Å². The van der Waals surface area contributed by atoms with Crippen molar-refractivity contribution in [1.29, 1.82) is 0 Å². The third-order valence-electron chi connectivity index (χ3n) is 3.29. The van der Waals surface area contributed by atoms with E-state index in [2.05, 4.69) is 15.1 Å². The van der Waals surface area contributed by atoms with Crippen LogP contribution in [0.2, 0.25) is 0 Å². The van der Waals surface area contributed by atoms with Gasteiger partial charge in [0, 0.05) is 23.0 Å². The lowest BCUT2D eigenvalue weighted by Gasteiger charge is -2.06. The smallest absolute Gasteiger partial charge is 0.274 e. The molecule has 0 amide bonds. The fourth-order valence-corrected chi connectivity index (χ4v) is 2.36. The Morgan fingerprint density at radius 1 is 1.09 bits per heavy atom. The first kappa shape index (κ1) is 14.1. The van der Waals surface area contributed by atoms with Crippen molar-refractivity contribution in [1.82, 2.24) is 19.7 Å². The fourth-order valence-electron chi connectivity index (χ4n) is 2.36. The molecule has 0 aliphatic carbocycles. The predicted octanol–water partition coefficient (Wildman–Crippen LogP) is 2.25. The van der Waals surface area contributed by atoms with Gasteiger partial charge < -0.3 is 4.74 Å². The average molecular weight is 296 g/mol. The highest BCUT2D eigenvalue weighted by Gasteiger charge is 2.12. The number of hydrogen-bond donors (Lipinski definition) is 1. The molecule has 1 N–H and O–H groups in total. The highest BCUT2D eigenvalue weighted by atomic mass is 16.5. The van der Waals surface area contributed by atoms with Gasteiger partial charge in [0.2, 0.25) is 0 Å². The van der Waals surface area contributed by atoms with Crippen LogP contribution in [0.25, 0.3) is 17.2 Å². The molecule has 22 heavy (non-hydrogen) atoms. The van der Waals surface area contributed by atoms with Crippen LogP contribution >= 0.6 is 0 Å². The summed E-state index contributed by atoms with van der Waals surface area (Å²) in [6.07, 6.45) is 0. The van der Waals surface area contributed by atoms with Crippen LogP contribution < -0.4 is 10.3 Å². The Labute approximate surface area is 127 Å². The summed E-state index contributed by atoms with van der Waals surface area (Å²) < 4.78 is 6.67. The van der Waals surface area contributed by atoms with Crippen LogP contribution in [0.5, 0.6) is 5.75 Å². The highest BCUT2D eigenvalue weighted by molar-refractivity contribution is 5.66. The van der Waals surface area contributed by atoms with E-state index in [-0.39, 0.29) is 5.56 Å². The number of aryl methyl sites for hydroxylation is 2. The summed E-state index contributed by atoms with van der Waals surface area (Å²) in [6, 6.07) is 10.9. The molecule has 0 aliphatic heterocycles. The standard InChI is InChI=1S/C16H16N4O2/c1-10-8-11(2)18-16(17-10)20-15(21)9-13(19-20)12-6-4-5-7-14(12)22-3/h4-9,19H,1-3H3. The Hall–Kier alpha value is -2.89. The summed E-state index contributed by atoms with van der Waals surface area (Å²) >= 11 is 0. The summed E-state index contributed by atoms with van der Waals surface area (Å²) in [4.78, 5) is 20.9. The second kappa shape index (κ2) is 5.48. The van der Waals surface area contributed by atoms with Crippen molar-refractivity contribution in [3.8, 4) is 23.0 Å². The van der Waals surface area contributed by atoms with E-state index in [0.29, 0.717) is 17.4 Å². The molecule has 6 heteroatoms. The van der Waals surface area contributed by atoms with Gasteiger partial charge in [-0.05, 0) is 32.0 Å². The van der Waals surface area contributed by atoms with Crippen molar-refractivity contribution < 1.29 is 4.74 Å². The van der Waals surface area contributed by atoms with Gasteiger partial charge in [0.15, 0.2) is 0 Å². The molecule has 0 saturated heterocycles. The summed E-state index contributed by atoms with van der Waals surface area (Å²) in [5.74, 6) is 1.03. The lowest BCUT2D eigenvalue weighted by atomic mass is 10.1. The van der Waals surface area contributed by atoms with Crippen LogP contribution in [-0.2, 0) is 0 Å². The summed E-state index contributed by atoms with van der Waals surface area (Å²) in [6.45, 7) is 3.74. The number of ether oxygens (including phenoxy) is 1. The van der Waals surface area contributed by atoms with Crippen molar-refractivity contribution >= 4 is 0 Å². The minimum atomic E-state index is -0.217. The Morgan fingerprint density at radius 3 is 2.45 bits per heavy atom. The number of aromatic nitrogens is 4. The number of hydrogen-bond acceptors (Lipinski definition) is 4. The van der Waals surface area contributed by atoms with Crippen LogP contribution in [-0.4, -0.2) is 26.9 Å². The predicted molar refractivity (Wildman–Crippen MR) is 83.4 cm³/mol.